The summed E-state index contributed by atoms with van der Waals surface area (Å²) in [5.74, 6) is -1.00. The summed E-state index contributed by atoms with van der Waals surface area (Å²) in [6, 6.07) is 6.95. The van der Waals surface area contributed by atoms with Crippen molar-refractivity contribution in [2.45, 2.75) is 19.3 Å². The molecule has 0 saturated heterocycles. The van der Waals surface area contributed by atoms with Crippen LogP contribution in [0, 0.1) is 0 Å². The molecule has 0 fully saturated rings. The fourth-order valence-electron chi connectivity index (χ4n) is 1.60. The van der Waals surface area contributed by atoms with Gasteiger partial charge in [0.05, 0.1) is 6.42 Å². The van der Waals surface area contributed by atoms with Gasteiger partial charge < -0.3 is 15.7 Å². The van der Waals surface area contributed by atoms with E-state index in [1.54, 1.807) is 24.3 Å². The van der Waals surface area contributed by atoms with Crippen LogP contribution in [0.1, 0.15) is 18.4 Å². The van der Waals surface area contributed by atoms with Crippen molar-refractivity contribution >= 4 is 17.6 Å². The van der Waals surface area contributed by atoms with Crippen molar-refractivity contribution in [2.75, 3.05) is 18.9 Å². The number of anilines is 1. The number of carbonyl (C=O) groups excluding carboxylic acids is 1. The summed E-state index contributed by atoms with van der Waals surface area (Å²) >= 11 is 0. The molecule has 0 bridgehead atoms. The third-order valence-corrected chi connectivity index (χ3v) is 2.46. The van der Waals surface area contributed by atoms with E-state index in [0.29, 0.717) is 17.7 Å². The van der Waals surface area contributed by atoms with E-state index < -0.39 is 5.97 Å². The Morgan fingerprint density at radius 1 is 1.28 bits per heavy atom. The fourth-order valence-corrected chi connectivity index (χ4v) is 1.60. The Morgan fingerprint density at radius 2 is 2.00 bits per heavy atom. The van der Waals surface area contributed by atoms with Gasteiger partial charge in [0.2, 0.25) is 5.91 Å². The third-order valence-electron chi connectivity index (χ3n) is 2.46. The number of carboxylic acid groups (broad SMARTS) is 1. The van der Waals surface area contributed by atoms with Crippen molar-refractivity contribution < 1.29 is 14.7 Å². The van der Waals surface area contributed by atoms with Crippen LogP contribution in [0.15, 0.2) is 24.3 Å². The van der Waals surface area contributed by atoms with Crippen LogP contribution in [0.2, 0.25) is 0 Å². The number of benzene rings is 1. The van der Waals surface area contributed by atoms with Gasteiger partial charge >= 0.3 is 5.97 Å². The molecular formula is C13H18N2O3. The molecule has 0 aliphatic rings. The smallest absolute Gasteiger partial charge is 0.307 e. The lowest BCUT2D eigenvalue weighted by Crippen LogP contribution is -2.16. The van der Waals surface area contributed by atoms with Gasteiger partial charge in [0, 0.05) is 12.1 Å². The fraction of sp³-hybridized carbons (Fsp3) is 0.385. The predicted molar refractivity (Wildman–Crippen MR) is 69.6 cm³/mol. The minimum absolute atomic E-state index is 0.0903. The van der Waals surface area contributed by atoms with Crippen molar-refractivity contribution in [1.82, 2.24) is 5.32 Å². The molecule has 18 heavy (non-hydrogen) atoms. The van der Waals surface area contributed by atoms with E-state index in [4.69, 9.17) is 5.11 Å². The first-order valence-corrected chi connectivity index (χ1v) is 5.87. The molecule has 0 heterocycles. The molecule has 1 aromatic rings. The first kappa shape index (κ1) is 14.2. The molecule has 1 aromatic carbocycles. The first-order valence-electron chi connectivity index (χ1n) is 5.87. The Balaban J connectivity index is 2.60. The molecule has 5 nitrogen and oxygen atoms in total. The summed E-state index contributed by atoms with van der Waals surface area (Å²) in [6.45, 7) is 0.782. The molecule has 0 aliphatic heterocycles. The second-order valence-corrected chi connectivity index (χ2v) is 3.98. The van der Waals surface area contributed by atoms with Gasteiger partial charge in [0.1, 0.15) is 0 Å². The summed E-state index contributed by atoms with van der Waals surface area (Å²) in [7, 11) is 1.83. The lowest BCUT2D eigenvalue weighted by molar-refractivity contribution is -0.136. The topological polar surface area (TPSA) is 78.4 Å². The van der Waals surface area contributed by atoms with Gasteiger partial charge in [-0.05, 0) is 31.6 Å². The van der Waals surface area contributed by atoms with Crippen LogP contribution >= 0.6 is 0 Å². The van der Waals surface area contributed by atoms with Crippen molar-refractivity contribution in [3.63, 3.8) is 0 Å². The summed E-state index contributed by atoms with van der Waals surface area (Å²) in [6.07, 6.45) is 1.08. The summed E-state index contributed by atoms with van der Waals surface area (Å²) < 4.78 is 0. The van der Waals surface area contributed by atoms with Crippen molar-refractivity contribution in [3.8, 4) is 0 Å². The molecule has 1 rings (SSSR count). The van der Waals surface area contributed by atoms with Gasteiger partial charge in [-0.25, -0.2) is 0 Å². The third kappa shape index (κ3) is 4.97. The average Bonchev–Trinajstić information content (AvgIpc) is 2.31. The number of hydrogen-bond donors (Lipinski definition) is 3. The van der Waals surface area contributed by atoms with E-state index in [2.05, 4.69) is 10.6 Å². The van der Waals surface area contributed by atoms with E-state index in [0.717, 1.165) is 13.0 Å². The summed E-state index contributed by atoms with van der Waals surface area (Å²) in [5, 5.41) is 14.5. The van der Waals surface area contributed by atoms with E-state index in [1.165, 1.54) is 0 Å². The standard InChI is InChI=1S/C13H18N2O3/c1-14-8-4-7-12(16)15-11-6-3-2-5-10(11)9-13(17)18/h2-3,5-6,14H,4,7-9H2,1H3,(H,15,16)(H,17,18). The zero-order valence-electron chi connectivity index (χ0n) is 10.4. The Labute approximate surface area is 106 Å². The Bertz CT molecular complexity index is 418. The highest BCUT2D eigenvalue weighted by atomic mass is 16.4. The largest absolute Gasteiger partial charge is 0.481 e. The number of amides is 1. The minimum atomic E-state index is -0.910. The first-order chi connectivity index (χ1) is 8.63. The second-order valence-electron chi connectivity index (χ2n) is 3.98. The van der Waals surface area contributed by atoms with Crippen LogP contribution in [0.3, 0.4) is 0 Å². The highest BCUT2D eigenvalue weighted by Crippen LogP contribution is 2.16. The molecule has 1 amide bonds. The maximum Gasteiger partial charge on any atom is 0.307 e. The molecule has 0 aliphatic carbocycles. The van der Waals surface area contributed by atoms with Crippen LogP contribution in [-0.4, -0.2) is 30.6 Å². The number of carbonyl (C=O) groups is 2. The van der Waals surface area contributed by atoms with Crippen molar-refractivity contribution in [3.05, 3.63) is 29.8 Å². The predicted octanol–water partition coefficient (Wildman–Crippen LogP) is 1.25. The lowest BCUT2D eigenvalue weighted by atomic mass is 10.1. The van der Waals surface area contributed by atoms with Gasteiger partial charge in [0.25, 0.3) is 0 Å². The second kappa shape index (κ2) is 7.45. The van der Waals surface area contributed by atoms with Gasteiger partial charge in [-0.15, -0.1) is 0 Å². The number of rotatable bonds is 7. The number of hydrogen-bond acceptors (Lipinski definition) is 3. The molecule has 0 spiro atoms. The van der Waals surface area contributed by atoms with Crippen LogP contribution in [0.4, 0.5) is 5.69 Å². The van der Waals surface area contributed by atoms with E-state index >= 15 is 0 Å². The van der Waals surface area contributed by atoms with Crippen LogP contribution in [0.5, 0.6) is 0 Å². The zero-order valence-corrected chi connectivity index (χ0v) is 10.4. The quantitative estimate of drug-likeness (QED) is 0.636. The normalized spacial score (nSPS) is 10.1. The molecule has 0 saturated carbocycles. The molecule has 5 heteroatoms. The van der Waals surface area contributed by atoms with Crippen LogP contribution < -0.4 is 10.6 Å². The molecule has 0 aromatic heterocycles. The van der Waals surface area contributed by atoms with Crippen molar-refractivity contribution in [2.24, 2.45) is 0 Å². The molecular weight excluding hydrogens is 232 g/mol. The highest BCUT2D eigenvalue weighted by molar-refractivity contribution is 5.92. The molecule has 3 N–H and O–H groups in total. The number of aliphatic carboxylic acids is 1. The van der Waals surface area contributed by atoms with Crippen LogP contribution in [-0.2, 0) is 16.0 Å². The SMILES string of the molecule is CNCCCC(=O)Nc1ccccc1CC(=O)O. The lowest BCUT2D eigenvalue weighted by Gasteiger charge is -2.09. The Hall–Kier alpha value is -1.88. The van der Waals surface area contributed by atoms with E-state index in [1.807, 2.05) is 7.05 Å². The average molecular weight is 250 g/mol. The Morgan fingerprint density at radius 3 is 2.67 bits per heavy atom. The van der Waals surface area contributed by atoms with Crippen molar-refractivity contribution in [1.29, 1.82) is 0 Å². The maximum absolute atomic E-state index is 11.6. The number of carboxylic acids is 1. The van der Waals surface area contributed by atoms with E-state index in [9.17, 15) is 9.59 Å². The molecule has 0 radical (unpaired) electrons. The van der Waals surface area contributed by atoms with Gasteiger partial charge in [-0.1, -0.05) is 18.2 Å². The summed E-state index contributed by atoms with van der Waals surface area (Å²) in [5.41, 5.74) is 1.20. The molecule has 0 unspecified atom stereocenters. The van der Waals surface area contributed by atoms with Gasteiger partial charge in [-0.2, -0.15) is 0 Å². The molecule has 98 valence electrons. The highest BCUT2D eigenvalue weighted by Gasteiger charge is 2.08. The van der Waals surface area contributed by atoms with Crippen LogP contribution in [0.25, 0.3) is 0 Å². The zero-order chi connectivity index (χ0) is 13.4. The number of nitrogens with one attached hydrogen (secondary N) is 2. The minimum Gasteiger partial charge on any atom is -0.481 e. The number of para-hydroxylation sites is 1. The summed E-state index contributed by atoms with van der Waals surface area (Å²) in [4.78, 5) is 22.3. The van der Waals surface area contributed by atoms with Gasteiger partial charge in [0.15, 0.2) is 0 Å². The monoisotopic (exact) mass is 250 g/mol. The Kier molecular flexibility index (Phi) is 5.87. The molecule has 0 atom stereocenters. The van der Waals surface area contributed by atoms with Gasteiger partial charge in [-0.3, -0.25) is 9.59 Å². The van der Waals surface area contributed by atoms with E-state index in [-0.39, 0.29) is 12.3 Å². The maximum atomic E-state index is 11.6.